The number of aromatic nitrogens is 1. The Morgan fingerprint density at radius 2 is 2.04 bits per heavy atom. The molecule has 3 rings (SSSR count). The van der Waals surface area contributed by atoms with E-state index < -0.39 is 10.0 Å². The first-order chi connectivity index (χ1) is 10.8. The number of benzene rings is 1. The van der Waals surface area contributed by atoms with E-state index in [1.54, 1.807) is 32.2 Å². The van der Waals surface area contributed by atoms with Gasteiger partial charge in [-0.05, 0) is 26.0 Å². The number of anilines is 2. The highest BCUT2D eigenvalue weighted by Crippen LogP contribution is 2.39. The minimum Gasteiger partial charge on any atom is -0.481 e. The number of carbonyl (C=O) groups excluding carboxylic acids is 1. The second-order valence-electron chi connectivity index (χ2n) is 5.15. The Morgan fingerprint density at radius 1 is 1.30 bits per heavy atom. The highest BCUT2D eigenvalue weighted by Gasteiger charge is 2.29. The van der Waals surface area contributed by atoms with Crippen LogP contribution in [-0.2, 0) is 14.8 Å². The molecule has 0 atom stereocenters. The van der Waals surface area contributed by atoms with Crippen molar-refractivity contribution in [1.29, 1.82) is 0 Å². The van der Waals surface area contributed by atoms with Crippen LogP contribution < -0.4 is 14.4 Å². The summed E-state index contributed by atoms with van der Waals surface area (Å²) in [6.45, 7) is 2.99. The van der Waals surface area contributed by atoms with Crippen LogP contribution in [0.5, 0.6) is 5.75 Å². The Balaban J connectivity index is 2.07. The number of nitrogens with one attached hydrogen (secondary N) is 1. The molecule has 8 nitrogen and oxygen atoms in total. The van der Waals surface area contributed by atoms with Gasteiger partial charge in [0, 0.05) is 7.05 Å². The lowest BCUT2D eigenvalue weighted by Crippen LogP contribution is -2.36. The molecule has 1 aliphatic rings. The Bertz CT molecular complexity index is 868. The minimum atomic E-state index is -3.91. The van der Waals surface area contributed by atoms with E-state index in [-0.39, 0.29) is 34.6 Å². The molecule has 0 unspecified atom stereocenters. The summed E-state index contributed by atoms with van der Waals surface area (Å²) in [6.07, 6.45) is 0. The third-order valence-electron chi connectivity index (χ3n) is 3.54. The first-order valence-electron chi connectivity index (χ1n) is 6.79. The number of aryl methyl sites for hydroxylation is 2. The summed E-state index contributed by atoms with van der Waals surface area (Å²) in [6, 6.07) is 4.88. The first kappa shape index (κ1) is 15.3. The third-order valence-corrected chi connectivity index (χ3v) is 5.15. The van der Waals surface area contributed by atoms with Gasteiger partial charge in [-0.2, -0.15) is 0 Å². The van der Waals surface area contributed by atoms with Crippen molar-refractivity contribution in [3.05, 3.63) is 29.7 Å². The molecule has 9 heteroatoms. The second-order valence-corrected chi connectivity index (χ2v) is 6.77. The van der Waals surface area contributed by atoms with E-state index in [2.05, 4.69) is 9.88 Å². The molecular weight excluding hydrogens is 322 g/mol. The molecule has 0 aliphatic carbocycles. The molecule has 1 N–H and O–H groups in total. The number of amides is 1. The van der Waals surface area contributed by atoms with Crippen molar-refractivity contribution in [3.8, 4) is 5.75 Å². The topological polar surface area (TPSA) is 102 Å². The maximum atomic E-state index is 12.6. The highest BCUT2D eigenvalue weighted by atomic mass is 32.2. The average molecular weight is 337 g/mol. The fourth-order valence-electron chi connectivity index (χ4n) is 2.48. The second kappa shape index (κ2) is 5.27. The van der Waals surface area contributed by atoms with Gasteiger partial charge >= 0.3 is 0 Å². The molecule has 2 heterocycles. The number of rotatable bonds is 3. The average Bonchev–Trinajstić information content (AvgIpc) is 2.82. The number of sulfonamides is 1. The predicted molar refractivity (Wildman–Crippen MR) is 82.1 cm³/mol. The number of nitrogens with zero attached hydrogens (tertiary/aromatic N) is 2. The van der Waals surface area contributed by atoms with Gasteiger partial charge in [0.15, 0.2) is 17.3 Å². The zero-order valence-corrected chi connectivity index (χ0v) is 13.6. The Hall–Kier alpha value is -2.55. The van der Waals surface area contributed by atoms with E-state index in [0.29, 0.717) is 11.4 Å². The highest BCUT2D eigenvalue weighted by molar-refractivity contribution is 7.92. The summed E-state index contributed by atoms with van der Waals surface area (Å²) >= 11 is 0. The van der Waals surface area contributed by atoms with Gasteiger partial charge in [-0.1, -0.05) is 11.2 Å². The Kier molecular flexibility index (Phi) is 3.52. The molecule has 0 saturated carbocycles. The standard InChI is InChI=1S/C14H15N3O5S/c1-8-14(9(2)22-15-8)23(19,20)16-10-5-4-6-11-13(10)17(3)12(18)7-21-11/h4-6,16H,7H2,1-3H3. The van der Waals surface area contributed by atoms with Gasteiger partial charge in [0.2, 0.25) is 0 Å². The van der Waals surface area contributed by atoms with Crippen LogP contribution in [0.4, 0.5) is 11.4 Å². The molecule has 2 aromatic rings. The van der Waals surface area contributed by atoms with Gasteiger partial charge in [-0.3, -0.25) is 9.52 Å². The monoisotopic (exact) mass is 337 g/mol. The van der Waals surface area contributed by atoms with Crippen molar-refractivity contribution in [2.45, 2.75) is 18.7 Å². The van der Waals surface area contributed by atoms with Gasteiger partial charge < -0.3 is 14.2 Å². The van der Waals surface area contributed by atoms with Crippen molar-refractivity contribution in [1.82, 2.24) is 5.16 Å². The normalized spacial score (nSPS) is 14.4. The van der Waals surface area contributed by atoms with Crippen LogP contribution in [0.1, 0.15) is 11.5 Å². The molecule has 23 heavy (non-hydrogen) atoms. The Morgan fingerprint density at radius 3 is 2.70 bits per heavy atom. The quantitative estimate of drug-likeness (QED) is 0.909. The zero-order valence-electron chi connectivity index (χ0n) is 12.8. The van der Waals surface area contributed by atoms with Crippen molar-refractivity contribution in [2.75, 3.05) is 23.3 Å². The lowest BCUT2D eigenvalue weighted by Gasteiger charge is -2.28. The van der Waals surface area contributed by atoms with Crippen molar-refractivity contribution in [3.63, 3.8) is 0 Å². The fourth-order valence-corrected chi connectivity index (χ4v) is 3.88. The molecule has 0 fully saturated rings. The summed E-state index contributed by atoms with van der Waals surface area (Å²) in [7, 11) is -2.34. The largest absolute Gasteiger partial charge is 0.481 e. The molecule has 0 bridgehead atoms. The number of carbonyl (C=O) groups is 1. The van der Waals surface area contributed by atoms with E-state index in [0.717, 1.165) is 0 Å². The molecule has 122 valence electrons. The SMILES string of the molecule is Cc1noc(C)c1S(=O)(=O)Nc1cccc2c1N(C)C(=O)CO2. The maximum Gasteiger partial charge on any atom is 0.267 e. The number of para-hydroxylation sites is 1. The van der Waals surface area contributed by atoms with Crippen LogP contribution in [0, 0.1) is 13.8 Å². The number of hydrogen-bond acceptors (Lipinski definition) is 6. The van der Waals surface area contributed by atoms with Crippen molar-refractivity contribution < 1.29 is 22.5 Å². The molecule has 0 saturated heterocycles. The van der Waals surface area contributed by atoms with Crippen LogP contribution in [-0.4, -0.2) is 33.1 Å². The number of ether oxygens (including phenoxy) is 1. The van der Waals surface area contributed by atoms with E-state index in [9.17, 15) is 13.2 Å². The predicted octanol–water partition coefficient (Wildman–Crippen LogP) is 1.45. The van der Waals surface area contributed by atoms with Crippen LogP contribution in [0.25, 0.3) is 0 Å². The molecule has 0 radical (unpaired) electrons. The molecule has 1 aliphatic heterocycles. The number of fused-ring (bicyclic) bond motifs is 1. The zero-order chi connectivity index (χ0) is 16.8. The van der Waals surface area contributed by atoms with Crippen LogP contribution in [0.2, 0.25) is 0 Å². The summed E-state index contributed by atoms with van der Waals surface area (Å²) in [5.41, 5.74) is 0.887. The molecule has 1 aromatic heterocycles. The lowest BCUT2D eigenvalue weighted by molar-refractivity contribution is -0.120. The van der Waals surface area contributed by atoms with E-state index in [1.807, 2.05) is 0 Å². The fraction of sp³-hybridized carbons (Fsp3) is 0.286. The van der Waals surface area contributed by atoms with E-state index in [4.69, 9.17) is 9.26 Å². The van der Waals surface area contributed by atoms with Gasteiger partial charge in [0.05, 0.1) is 5.69 Å². The van der Waals surface area contributed by atoms with Gasteiger partial charge in [-0.25, -0.2) is 8.42 Å². The number of likely N-dealkylation sites (N-methyl/N-ethyl adjacent to an activating group) is 1. The molecule has 0 spiro atoms. The first-order valence-corrected chi connectivity index (χ1v) is 8.27. The van der Waals surface area contributed by atoms with Gasteiger partial charge in [-0.15, -0.1) is 0 Å². The number of hydrogen-bond donors (Lipinski definition) is 1. The van der Waals surface area contributed by atoms with Crippen LogP contribution >= 0.6 is 0 Å². The van der Waals surface area contributed by atoms with Gasteiger partial charge in [0.25, 0.3) is 15.9 Å². The molecular formula is C14H15N3O5S. The van der Waals surface area contributed by atoms with Gasteiger partial charge in [0.1, 0.15) is 17.1 Å². The minimum absolute atomic E-state index is 0.0131. The summed E-state index contributed by atoms with van der Waals surface area (Å²) in [4.78, 5) is 13.2. The van der Waals surface area contributed by atoms with Crippen molar-refractivity contribution in [2.24, 2.45) is 0 Å². The Labute approximate surface area is 133 Å². The molecule has 1 amide bonds. The summed E-state index contributed by atoms with van der Waals surface area (Å²) in [5.74, 6) is 0.369. The lowest BCUT2D eigenvalue weighted by atomic mass is 10.2. The third kappa shape index (κ3) is 2.52. The van der Waals surface area contributed by atoms with Crippen LogP contribution in [0.15, 0.2) is 27.6 Å². The summed E-state index contributed by atoms with van der Waals surface area (Å²) in [5, 5.41) is 3.66. The van der Waals surface area contributed by atoms with E-state index in [1.165, 1.54) is 11.8 Å². The summed E-state index contributed by atoms with van der Waals surface area (Å²) < 4.78 is 38.0. The van der Waals surface area contributed by atoms with E-state index >= 15 is 0 Å². The maximum absolute atomic E-state index is 12.6. The van der Waals surface area contributed by atoms with Crippen LogP contribution in [0.3, 0.4) is 0 Å². The molecule has 1 aromatic carbocycles. The van der Waals surface area contributed by atoms with Crippen molar-refractivity contribution >= 4 is 27.3 Å². The smallest absolute Gasteiger partial charge is 0.267 e.